The highest BCUT2D eigenvalue weighted by molar-refractivity contribution is 6.33. The van der Waals surface area contributed by atoms with Crippen LogP contribution in [0.1, 0.15) is 43.7 Å². The van der Waals surface area contributed by atoms with Crippen molar-refractivity contribution in [1.82, 2.24) is 0 Å². The maximum Gasteiger partial charge on any atom is 0.416 e. The summed E-state index contributed by atoms with van der Waals surface area (Å²) in [4.78, 5) is 12.2. The van der Waals surface area contributed by atoms with Crippen LogP contribution in [0.25, 0.3) is 6.08 Å². The first-order chi connectivity index (χ1) is 14.7. The number of unbranched alkanes of at least 4 members (excludes halogenated alkanes) is 3. The van der Waals surface area contributed by atoms with Gasteiger partial charge in [-0.05, 0) is 48.4 Å². The van der Waals surface area contributed by atoms with Gasteiger partial charge in [-0.2, -0.15) is 13.2 Å². The lowest BCUT2D eigenvalue weighted by atomic mass is 10.1. The van der Waals surface area contributed by atoms with Crippen LogP contribution in [0.4, 0.5) is 18.9 Å². The molecule has 168 valence electrons. The molecule has 1 N–H and O–H groups in total. The van der Waals surface area contributed by atoms with Gasteiger partial charge in [0.05, 0.1) is 30.0 Å². The van der Waals surface area contributed by atoms with Crippen LogP contribution in [0, 0.1) is 0 Å². The van der Waals surface area contributed by atoms with Crippen LogP contribution >= 0.6 is 11.6 Å². The summed E-state index contributed by atoms with van der Waals surface area (Å²) in [5.74, 6) is 0.520. The molecule has 0 saturated carbocycles. The molecule has 0 bridgehead atoms. The SMILES string of the molecule is CCCCCCOc1ccc(C=CC(=O)Nc2cc(C(F)(F)F)ccc2Cl)cc1OC. The van der Waals surface area contributed by atoms with Crippen molar-refractivity contribution in [2.75, 3.05) is 19.0 Å². The third-order valence-corrected chi connectivity index (χ3v) is 4.75. The van der Waals surface area contributed by atoms with Gasteiger partial charge in [0.25, 0.3) is 0 Å². The van der Waals surface area contributed by atoms with E-state index in [-0.39, 0.29) is 10.7 Å². The number of halogens is 4. The lowest BCUT2D eigenvalue weighted by Crippen LogP contribution is -2.11. The molecule has 0 aliphatic heterocycles. The average Bonchev–Trinajstić information content (AvgIpc) is 2.73. The smallest absolute Gasteiger partial charge is 0.416 e. The van der Waals surface area contributed by atoms with Gasteiger partial charge in [0.2, 0.25) is 5.91 Å². The summed E-state index contributed by atoms with van der Waals surface area (Å²) in [6, 6.07) is 7.96. The van der Waals surface area contributed by atoms with Crippen LogP contribution in [0.15, 0.2) is 42.5 Å². The number of anilines is 1. The van der Waals surface area contributed by atoms with Crippen LogP contribution in [0.5, 0.6) is 11.5 Å². The second-order valence-electron chi connectivity index (χ2n) is 6.83. The van der Waals surface area contributed by atoms with Crippen molar-refractivity contribution in [3.63, 3.8) is 0 Å². The zero-order chi connectivity index (χ0) is 22.9. The molecule has 4 nitrogen and oxygen atoms in total. The number of ether oxygens (including phenoxy) is 2. The number of carbonyl (C=O) groups is 1. The van der Waals surface area contributed by atoms with Crippen molar-refractivity contribution >= 4 is 29.3 Å². The van der Waals surface area contributed by atoms with E-state index in [9.17, 15) is 18.0 Å². The third kappa shape index (κ3) is 7.83. The van der Waals surface area contributed by atoms with E-state index in [0.717, 1.165) is 43.9 Å². The molecule has 0 aromatic heterocycles. The molecule has 31 heavy (non-hydrogen) atoms. The summed E-state index contributed by atoms with van der Waals surface area (Å²) < 4.78 is 49.6. The van der Waals surface area contributed by atoms with Gasteiger partial charge in [0, 0.05) is 6.08 Å². The average molecular weight is 456 g/mol. The molecular weight excluding hydrogens is 431 g/mol. The molecule has 2 rings (SSSR count). The Hall–Kier alpha value is -2.67. The van der Waals surface area contributed by atoms with Gasteiger partial charge in [-0.15, -0.1) is 0 Å². The normalized spacial score (nSPS) is 11.5. The number of hydrogen-bond acceptors (Lipinski definition) is 3. The monoisotopic (exact) mass is 455 g/mol. The summed E-state index contributed by atoms with van der Waals surface area (Å²) in [5, 5.41) is 2.37. The van der Waals surface area contributed by atoms with Gasteiger partial charge in [0.1, 0.15) is 0 Å². The first-order valence-corrected chi connectivity index (χ1v) is 10.3. The molecule has 2 aromatic rings. The summed E-state index contributed by atoms with van der Waals surface area (Å²) in [6.45, 7) is 2.73. The Morgan fingerprint density at radius 3 is 2.55 bits per heavy atom. The first kappa shape index (κ1) is 24.6. The van der Waals surface area contributed by atoms with Crippen LogP contribution in [0.2, 0.25) is 5.02 Å². The number of hydrogen-bond donors (Lipinski definition) is 1. The van der Waals surface area contributed by atoms with E-state index < -0.39 is 17.6 Å². The predicted octanol–water partition coefficient (Wildman–Crippen LogP) is 6.98. The molecule has 8 heteroatoms. The molecule has 0 aliphatic rings. The number of benzene rings is 2. The summed E-state index contributed by atoms with van der Waals surface area (Å²) in [5.41, 5.74) is -0.345. The largest absolute Gasteiger partial charge is 0.493 e. The van der Waals surface area contributed by atoms with Crippen LogP contribution in [-0.4, -0.2) is 19.6 Å². The highest BCUT2D eigenvalue weighted by Crippen LogP contribution is 2.34. The minimum Gasteiger partial charge on any atom is -0.493 e. The fourth-order valence-corrected chi connectivity index (χ4v) is 2.93. The fourth-order valence-electron chi connectivity index (χ4n) is 2.76. The Morgan fingerprint density at radius 1 is 1.10 bits per heavy atom. The van der Waals surface area contributed by atoms with E-state index >= 15 is 0 Å². The molecule has 0 heterocycles. The highest BCUT2D eigenvalue weighted by Gasteiger charge is 2.31. The molecule has 0 aliphatic carbocycles. The molecule has 1 amide bonds. The molecule has 0 fully saturated rings. The quantitative estimate of drug-likeness (QED) is 0.310. The van der Waals surface area contributed by atoms with Gasteiger partial charge in [-0.3, -0.25) is 4.79 Å². The Bertz CT molecular complexity index is 913. The van der Waals surface area contributed by atoms with E-state index in [2.05, 4.69) is 12.2 Å². The van der Waals surface area contributed by atoms with Gasteiger partial charge in [-0.1, -0.05) is 43.9 Å². The Kier molecular flexibility index (Phi) is 9.24. The summed E-state index contributed by atoms with van der Waals surface area (Å²) in [6.07, 6.45) is 2.56. The predicted molar refractivity (Wildman–Crippen MR) is 117 cm³/mol. The number of nitrogens with one attached hydrogen (secondary N) is 1. The zero-order valence-corrected chi connectivity index (χ0v) is 18.1. The van der Waals surface area contributed by atoms with Crippen LogP contribution < -0.4 is 14.8 Å². The standard InChI is InChI=1S/C23H25ClF3NO3/c1-3-4-5-6-13-31-20-11-7-16(14-21(20)30-2)8-12-22(29)28-19-15-17(23(25,26)27)9-10-18(19)24/h7-12,14-15H,3-6,13H2,1-2H3,(H,28,29). The van der Waals surface area contributed by atoms with Crippen molar-refractivity contribution in [2.24, 2.45) is 0 Å². The van der Waals surface area contributed by atoms with E-state index in [1.165, 1.54) is 19.3 Å². The molecule has 0 atom stereocenters. The number of methoxy groups -OCH3 is 1. The second-order valence-corrected chi connectivity index (χ2v) is 7.24. The summed E-state index contributed by atoms with van der Waals surface area (Å²) >= 11 is 5.90. The number of carbonyl (C=O) groups excluding carboxylic acids is 1. The van der Waals surface area contributed by atoms with Gasteiger partial charge in [-0.25, -0.2) is 0 Å². The Morgan fingerprint density at radius 2 is 1.87 bits per heavy atom. The van der Waals surface area contributed by atoms with Crippen molar-refractivity contribution in [2.45, 2.75) is 38.8 Å². The van der Waals surface area contributed by atoms with Crippen LogP contribution in [-0.2, 0) is 11.0 Å². The first-order valence-electron chi connectivity index (χ1n) is 9.91. The molecular formula is C23H25ClF3NO3. The van der Waals surface area contributed by atoms with E-state index in [1.807, 2.05) is 0 Å². The topological polar surface area (TPSA) is 47.6 Å². The number of rotatable bonds is 10. The maximum absolute atomic E-state index is 12.9. The van der Waals surface area contributed by atoms with E-state index in [4.69, 9.17) is 21.1 Å². The lowest BCUT2D eigenvalue weighted by molar-refractivity contribution is -0.137. The van der Waals surface area contributed by atoms with Crippen molar-refractivity contribution in [1.29, 1.82) is 0 Å². The minimum absolute atomic E-state index is 0.0110. The van der Waals surface area contributed by atoms with Gasteiger partial charge in [0.15, 0.2) is 11.5 Å². The molecule has 0 unspecified atom stereocenters. The number of alkyl halides is 3. The molecule has 0 saturated heterocycles. The maximum atomic E-state index is 12.9. The van der Waals surface area contributed by atoms with Crippen molar-refractivity contribution < 1.29 is 27.4 Å². The Labute approximate surface area is 185 Å². The highest BCUT2D eigenvalue weighted by atomic mass is 35.5. The second kappa shape index (κ2) is 11.6. The minimum atomic E-state index is -4.53. The van der Waals surface area contributed by atoms with E-state index in [0.29, 0.717) is 23.7 Å². The van der Waals surface area contributed by atoms with Crippen molar-refractivity contribution in [3.05, 3.63) is 58.6 Å². The molecule has 2 aromatic carbocycles. The lowest BCUT2D eigenvalue weighted by Gasteiger charge is -2.11. The van der Waals surface area contributed by atoms with E-state index in [1.54, 1.807) is 18.2 Å². The number of amides is 1. The summed E-state index contributed by atoms with van der Waals surface area (Å²) in [7, 11) is 1.52. The van der Waals surface area contributed by atoms with Gasteiger partial charge >= 0.3 is 6.18 Å². The van der Waals surface area contributed by atoms with Crippen LogP contribution in [0.3, 0.4) is 0 Å². The fraction of sp³-hybridized carbons (Fsp3) is 0.348. The Balaban J connectivity index is 2.02. The third-order valence-electron chi connectivity index (χ3n) is 4.42. The van der Waals surface area contributed by atoms with Gasteiger partial charge < -0.3 is 14.8 Å². The molecule has 0 spiro atoms. The zero-order valence-electron chi connectivity index (χ0n) is 17.4. The molecule has 0 radical (unpaired) electrons. The van der Waals surface area contributed by atoms with Crippen molar-refractivity contribution in [3.8, 4) is 11.5 Å².